The average molecular weight is 183 g/mol. The van der Waals surface area contributed by atoms with Gasteiger partial charge in [-0.1, -0.05) is 17.7 Å². The first kappa shape index (κ1) is 7.58. The second-order valence-electron chi connectivity index (χ2n) is 2.52. The normalized spacial score (nSPS) is 10.8. The maximum Gasteiger partial charge on any atom is 0.0840 e. The number of aromatic nitrogens is 2. The van der Waals surface area contributed by atoms with Crippen LogP contribution in [0.2, 0.25) is 5.02 Å². The fraction of sp³-hybridized carbons (Fsp3) is 0.125. The number of H-pyrrole nitrogens is 1. The van der Waals surface area contributed by atoms with Gasteiger partial charge in [-0.25, -0.2) is 0 Å². The highest BCUT2D eigenvalue weighted by Crippen LogP contribution is 2.23. The molecule has 1 aromatic carbocycles. The summed E-state index contributed by atoms with van der Waals surface area (Å²) >= 11 is 5.87. The molecule has 0 amide bonds. The molecule has 0 bridgehead atoms. The van der Waals surface area contributed by atoms with Crippen LogP contribution in [0.15, 0.2) is 18.3 Å². The van der Waals surface area contributed by atoms with Crippen LogP contribution in [0, 0.1) is 0 Å². The van der Waals surface area contributed by atoms with Crippen LogP contribution in [0.25, 0.3) is 10.9 Å². The minimum Gasteiger partial charge on any atom is -0.392 e. The lowest BCUT2D eigenvalue weighted by atomic mass is 10.1. The SMILES string of the molecule is OCc1ccc(Cl)c2[nH]ncc12. The Balaban J connectivity index is 2.82. The van der Waals surface area contributed by atoms with Gasteiger partial charge >= 0.3 is 0 Å². The topological polar surface area (TPSA) is 48.9 Å². The van der Waals surface area contributed by atoms with Crippen LogP contribution in [0.1, 0.15) is 5.56 Å². The van der Waals surface area contributed by atoms with Crippen LogP contribution in [0.3, 0.4) is 0 Å². The van der Waals surface area contributed by atoms with Gasteiger partial charge in [0.15, 0.2) is 0 Å². The van der Waals surface area contributed by atoms with Crippen molar-refractivity contribution in [3.05, 3.63) is 28.9 Å². The van der Waals surface area contributed by atoms with Crippen LogP contribution in [0.5, 0.6) is 0 Å². The second kappa shape index (κ2) is 2.77. The smallest absolute Gasteiger partial charge is 0.0840 e. The number of nitrogens with zero attached hydrogens (tertiary/aromatic N) is 1. The molecule has 0 fully saturated rings. The third-order valence-electron chi connectivity index (χ3n) is 1.83. The Morgan fingerprint density at radius 2 is 2.33 bits per heavy atom. The summed E-state index contributed by atoms with van der Waals surface area (Å²) in [4.78, 5) is 0. The first-order valence-corrected chi connectivity index (χ1v) is 3.92. The highest BCUT2D eigenvalue weighted by atomic mass is 35.5. The van der Waals surface area contributed by atoms with Crippen LogP contribution < -0.4 is 0 Å². The number of benzene rings is 1. The zero-order valence-electron chi connectivity index (χ0n) is 6.21. The molecule has 0 aliphatic rings. The van der Waals surface area contributed by atoms with Gasteiger partial charge in [0.25, 0.3) is 0 Å². The maximum absolute atomic E-state index is 8.96. The van der Waals surface area contributed by atoms with E-state index in [4.69, 9.17) is 16.7 Å². The molecular weight excluding hydrogens is 176 g/mol. The second-order valence-corrected chi connectivity index (χ2v) is 2.93. The summed E-state index contributed by atoms with van der Waals surface area (Å²) in [5, 5.41) is 17.1. The number of aromatic amines is 1. The zero-order valence-corrected chi connectivity index (χ0v) is 6.97. The number of aliphatic hydroxyl groups excluding tert-OH is 1. The van der Waals surface area contributed by atoms with Gasteiger partial charge in [-0.3, -0.25) is 5.10 Å². The van der Waals surface area contributed by atoms with Crippen LogP contribution in [-0.2, 0) is 6.61 Å². The molecule has 0 atom stereocenters. The molecule has 1 aromatic heterocycles. The van der Waals surface area contributed by atoms with E-state index in [1.54, 1.807) is 18.3 Å². The molecule has 2 aromatic rings. The predicted molar refractivity (Wildman–Crippen MR) is 47.0 cm³/mol. The van der Waals surface area contributed by atoms with Crippen molar-refractivity contribution in [2.45, 2.75) is 6.61 Å². The molecule has 12 heavy (non-hydrogen) atoms. The Hall–Kier alpha value is -1.06. The van der Waals surface area contributed by atoms with Gasteiger partial charge in [0.05, 0.1) is 23.3 Å². The number of rotatable bonds is 1. The van der Waals surface area contributed by atoms with E-state index in [0.29, 0.717) is 5.02 Å². The molecule has 1 heterocycles. The molecule has 62 valence electrons. The lowest BCUT2D eigenvalue weighted by Crippen LogP contribution is -1.83. The fourth-order valence-corrected chi connectivity index (χ4v) is 1.40. The molecule has 2 rings (SSSR count). The summed E-state index contributed by atoms with van der Waals surface area (Å²) in [5.41, 5.74) is 1.62. The molecule has 4 heteroatoms. The lowest BCUT2D eigenvalue weighted by Gasteiger charge is -1.98. The molecule has 3 nitrogen and oxygen atoms in total. The molecule has 0 saturated heterocycles. The molecule has 0 unspecified atom stereocenters. The van der Waals surface area contributed by atoms with Gasteiger partial charge in [0.1, 0.15) is 0 Å². The molecule has 2 N–H and O–H groups in total. The minimum atomic E-state index is 0.00715. The summed E-state index contributed by atoms with van der Waals surface area (Å²) in [5.74, 6) is 0. The van der Waals surface area contributed by atoms with Crippen molar-refractivity contribution in [3.8, 4) is 0 Å². The van der Waals surface area contributed by atoms with Crippen molar-refractivity contribution >= 4 is 22.5 Å². The van der Waals surface area contributed by atoms with Gasteiger partial charge in [-0.15, -0.1) is 0 Å². The van der Waals surface area contributed by atoms with E-state index in [9.17, 15) is 0 Å². The number of hydrogen-bond acceptors (Lipinski definition) is 2. The highest BCUT2D eigenvalue weighted by molar-refractivity contribution is 6.35. The van der Waals surface area contributed by atoms with E-state index < -0.39 is 0 Å². The average Bonchev–Trinajstić information content (AvgIpc) is 2.54. The molecule has 0 aliphatic heterocycles. The molecule has 0 radical (unpaired) electrons. The summed E-state index contributed by atoms with van der Waals surface area (Å²) in [6, 6.07) is 3.54. The van der Waals surface area contributed by atoms with E-state index in [2.05, 4.69) is 10.2 Å². The summed E-state index contributed by atoms with van der Waals surface area (Å²) in [7, 11) is 0. The summed E-state index contributed by atoms with van der Waals surface area (Å²) in [6.45, 7) is 0.00715. The number of fused-ring (bicyclic) bond motifs is 1. The van der Waals surface area contributed by atoms with Gasteiger partial charge in [0, 0.05) is 5.39 Å². The quantitative estimate of drug-likeness (QED) is 0.706. The van der Waals surface area contributed by atoms with Crippen molar-refractivity contribution in [1.29, 1.82) is 0 Å². The van der Waals surface area contributed by atoms with E-state index >= 15 is 0 Å². The predicted octanol–water partition coefficient (Wildman–Crippen LogP) is 1.71. The molecule has 0 spiro atoms. The summed E-state index contributed by atoms with van der Waals surface area (Å²) in [6.07, 6.45) is 1.66. The first-order valence-electron chi connectivity index (χ1n) is 3.54. The molecule has 0 aliphatic carbocycles. The van der Waals surface area contributed by atoms with Crippen molar-refractivity contribution in [3.63, 3.8) is 0 Å². The Labute approximate surface area is 74.0 Å². The third kappa shape index (κ3) is 0.983. The maximum atomic E-state index is 8.96. The van der Waals surface area contributed by atoms with Crippen molar-refractivity contribution < 1.29 is 5.11 Å². The third-order valence-corrected chi connectivity index (χ3v) is 2.14. The fourth-order valence-electron chi connectivity index (χ4n) is 1.20. The Morgan fingerprint density at radius 3 is 3.08 bits per heavy atom. The zero-order chi connectivity index (χ0) is 8.55. The van der Waals surface area contributed by atoms with Gasteiger partial charge in [-0.05, 0) is 11.6 Å². The monoisotopic (exact) mass is 182 g/mol. The van der Waals surface area contributed by atoms with Gasteiger partial charge in [-0.2, -0.15) is 5.10 Å². The van der Waals surface area contributed by atoms with Crippen LogP contribution in [-0.4, -0.2) is 15.3 Å². The number of nitrogens with one attached hydrogen (secondary N) is 1. The Kier molecular flexibility index (Phi) is 1.75. The van der Waals surface area contributed by atoms with E-state index in [1.165, 1.54) is 0 Å². The first-order chi connectivity index (χ1) is 5.83. The van der Waals surface area contributed by atoms with Crippen LogP contribution in [0.4, 0.5) is 0 Å². The standard InChI is InChI=1S/C8H7ClN2O/c9-7-2-1-5(4-12)6-3-10-11-8(6)7/h1-3,12H,4H2,(H,10,11). The van der Waals surface area contributed by atoms with Crippen molar-refractivity contribution in [1.82, 2.24) is 10.2 Å². The van der Waals surface area contributed by atoms with Crippen molar-refractivity contribution in [2.24, 2.45) is 0 Å². The number of aliphatic hydroxyl groups is 1. The lowest BCUT2D eigenvalue weighted by molar-refractivity contribution is 0.283. The van der Waals surface area contributed by atoms with E-state index in [1.807, 2.05) is 0 Å². The molecule has 0 saturated carbocycles. The number of hydrogen-bond donors (Lipinski definition) is 2. The van der Waals surface area contributed by atoms with Crippen molar-refractivity contribution in [2.75, 3.05) is 0 Å². The minimum absolute atomic E-state index is 0.00715. The van der Waals surface area contributed by atoms with E-state index in [0.717, 1.165) is 16.5 Å². The largest absolute Gasteiger partial charge is 0.392 e. The Morgan fingerprint density at radius 1 is 1.50 bits per heavy atom. The summed E-state index contributed by atoms with van der Waals surface area (Å²) < 4.78 is 0. The Bertz CT molecular complexity index is 410. The van der Waals surface area contributed by atoms with Gasteiger partial charge < -0.3 is 5.11 Å². The highest BCUT2D eigenvalue weighted by Gasteiger charge is 2.04. The van der Waals surface area contributed by atoms with Gasteiger partial charge in [0.2, 0.25) is 0 Å². The van der Waals surface area contributed by atoms with E-state index in [-0.39, 0.29) is 6.61 Å². The van der Waals surface area contributed by atoms with Crippen LogP contribution >= 0.6 is 11.6 Å². The molecular formula is C8H7ClN2O. The number of halogens is 1.